The predicted octanol–water partition coefficient (Wildman–Crippen LogP) is 3.14. The van der Waals surface area contributed by atoms with Crippen LogP contribution in [-0.2, 0) is 6.42 Å². The van der Waals surface area contributed by atoms with Crippen LogP contribution in [0.4, 0.5) is 0 Å². The van der Waals surface area contributed by atoms with E-state index in [0.717, 1.165) is 12.5 Å². The molecule has 1 heterocycles. The molecule has 1 aromatic carbocycles. The van der Waals surface area contributed by atoms with Gasteiger partial charge in [-0.25, -0.2) is 0 Å². The lowest BCUT2D eigenvalue weighted by molar-refractivity contribution is 0.313. The SMILES string of the molecule is CCc1ccc(C(C)NC2CCN(C3CC3)C2)cc1. The number of benzene rings is 1. The third-order valence-corrected chi connectivity index (χ3v) is 4.66. The zero-order valence-electron chi connectivity index (χ0n) is 12.2. The Hall–Kier alpha value is -0.860. The summed E-state index contributed by atoms with van der Waals surface area (Å²) >= 11 is 0. The van der Waals surface area contributed by atoms with E-state index in [-0.39, 0.29) is 0 Å². The average molecular weight is 258 g/mol. The fourth-order valence-electron chi connectivity index (χ4n) is 3.19. The molecule has 0 bridgehead atoms. The van der Waals surface area contributed by atoms with E-state index in [9.17, 15) is 0 Å². The highest BCUT2D eigenvalue weighted by Gasteiger charge is 2.34. The van der Waals surface area contributed by atoms with Gasteiger partial charge in [0.05, 0.1) is 0 Å². The van der Waals surface area contributed by atoms with Gasteiger partial charge in [-0.15, -0.1) is 0 Å². The highest BCUT2D eigenvalue weighted by molar-refractivity contribution is 5.24. The maximum atomic E-state index is 3.80. The Labute approximate surface area is 117 Å². The van der Waals surface area contributed by atoms with E-state index >= 15 is 0 Å². The minimum Gasteiger partial charge on any atom is -0.306 e. The fraction of sp³-hybridized carbons (Fsp3) is 0.647. The molecule has 1 saturated carbocycles. The summed E-state index contributed by atoms with van der Waals surface area (Å²) in [5, 5.41) is 3.80. The number of hydrogen-bond acceptors (Lipinski definition) is 2. The molecule has 104 valence electrons. The van der Waals surface area contributed by atoms with Crippen molar-refractivity contribution in [2.45, 2.75) is 57.7 Å². The molecule has 1 N–H and O–H groups in total. The van der Waals surface area contributed by atoms with Crippen LogP contribution in [0, 0.1) is 0 Å². The molecular weight excluding hydrogens is 232 g/mol. The van der Waals surface area contributed by atoms with Gasteiger partial charge in [0, 0.05) is 31.2 Å². The van der Waals surface area contributed by atoms with Crippen molar-refractivity contribution in [1.82, 2.24) is 10.2 Å². The largest absolute Gasteiger partial charge is 0.306 e. The zero-order valence-corrected chi connectivity index (χ0v) is 12.2. The maximum Gasteiger partial charge on any atom is 0.0294 e. The van der Waals surface area contributed by atoms with Crippen molar-refractivity contribution in [1.29, 1.82) is 0 Å². The van der Waals surface area contributed by atoms with Crippen LogP contribution in [0.3, 0.4) is 0 Å². The summed E-state index contributed by atoms with van der Waals surface area (Å²) < 4.78 is 0. The lowest BCUT2D eigenvalue weighted by Crippen LogP contribution is -2.34. The quantitative estimate of drug-likeness (QED) is 0.873. The van der Waals surface area contributed by atoms with Crippen molar-refractivity contribution in [3.63, 3.8) is 0 Å². The molecule has 2 atom stereocenters. The van der Waals surface area contributed by atoms with Gasteiger partial charge in [0.25, 0.3) is 0 Å². The van der Waals surface area contributed by atoms with E-state index in [2.05, 4.69) is 48.3 Å². The Morgan fingerprint density at radius 2 is 1.95 bits per heavy atom. The first-order chi connectivity index (χ1) is 9.26. The minimum atomic E-state index is 0.468. The van der Waals surface area contributed by atoms with Crippen LogP contribution >= 0.6 is 0 Å². The van der Waals surface area contributed by atoms with Gasteiger partial charge >= 0.3 is 0 Å². The van der Waals surface area contributed by atoms with Gasteiger partial charge in [-0.05, 0) is 43.7 Å². The van der Waals surface area contributed by atoms with Crippen LogP contribution in [0.2, 0.25) is 0 Å². The average Bonchev–Trinajstić information content (AvgIpc) is 3.20. The van der Waals surface area contributed by atoms with E-state index < -0.39 is 0 Å². The predicted molar refractivity (Wildman–Crippen MR) is 80.4 cm³/mol. The molecule has 19 heavy (non-hydrogen) atoms. The van der Waals surface area contributed by atoms with Crippen molar-refractivity contribution >= 4 is 0 Å². The molecule has 2 unspecified atom stereocenters. The van der Waals surface area contributed by atoms with Crippen LogP contribution in [0.15, 0.2) is 24.3 Å². The van der Waals surface area contributed by atoms with Crippen LogP contribution in [0.25, 0.3) is 0 Å². The number of hydrogen-bond donors (Lipinski definition) is 1. The smallest absolute Gasteiger partial charge is 0.0294 e. The molecule has 1 saturated heterocycles. The first-order valence-corrected chi connectivity index (χ1v) is 7.85. The van der Waals surface area contributed by atoms with Crippen molar-refractivity contribution in [3.05, 3.63) is 35.4 Å². The van der Waals surface area contributed by atoms with E-state index in [1.54, 1.807) is 0 Å². The lowest BCUT2D eigenvalue weighted by atomic mass is 10.0. The van der Waals surface area contributed by atoms with Crippen molar-refractivity contribution < 1.29 is 0 Å². The highest BCUT2D eigenvalue weighted by atomic mass is 15.2. The highest BCUT2D eigenvalue weighted by Crippen LogP contribution is 2.30. The summed E-state index contributed by atoms with van der Waals surface area (Å²) in [4.78, 5) is 2.67. The molecule has 0 spiro atoms. The second-order valence-corrected chi connectivity index (χ2v) is 6.20. The van der Waals surface area contributed by atoms with Gasteiger partial charge in [-0.2, -0.15) is 0 Å². The van der Waals surface area contributed by atoms with Crippen LogP contribution in [-0.4, -0.2) is 30.1 Å². The van der Waals surface area contributed by atoms with Crippen LogP contribution < -0.4 is 5.32 Å². The molecule has 1 aromatic rings. The summed E-state index contributed by atoms with van der Waals surface area (Å²) in [7, 11) is 0. The summed E-state index contributed by atoms with van der Waals surface area (Å²) in [5.74, 6) is 0. The van der Waals surface area contributed by atoms with Gasteiger partial charge in [-0.3, -0.25) is 4.90 Å². The molecule has 0 aromatic heterocycles. The van der Waals surface area contributed by atoms with Crippen molar-refractivity contribution in [2.24, 2.45) is 0 Å². The molecule has 3 rings (SSSR count). The number of aryl methyl sites for hydroxylation is 1. The monoisotopic (exact) mass is 258 g/mol. The third kappa shape index (κ3) is 3.18. The number of nitrogens with one attached hydrogen (secondary N) is 1. The summed E-state index contributed by atoms with van der Waals surface area (Å²) in [6, 6.07) is 11.2. The normalized spacial score (nSPS) is 25.7. The first-order valence-electron chi connectivity index (χ1n) is 7.85. The number of rotatable bonds is 5. The van der Waals surface area contributed by atoms with Crippen LogP contribution in [0.1, 0.15) is 50.3 Å². The van der Waals surface area contributed by atoms with Gasteiger partial charge in [0.15, 0.2) is 0 Å². The zero-order chi connectivity index (χ0) is 13.2. The summed E-state index contributed by atoms with van der Waals surface area (Å²) in [5.41, 5.74) is 2.85. The molecular formula is C17H26N2. The molecule has 1 aliphatic heterocycles. The third-order valence-electron chi connectivity index (χ3n) is 4.66. The second kappa shape index (κ2) is 5.64. The molecule has 0 radical (unpaired) electrons. The Morgan fingerprint density at radius 3 is 2.58 bits per heavy atom. The molecule has 2 fully saturated rings. The molecule has 2 nitrogen and oxygen atoms in total. The fourth-order valence-corrected chi connectivity index (χ4v) is 3.19. The van der Waals surface area contributed by atoms with E-state index in [0.29, 0.717) is 12.1 Å². The minimum absolute atomic E-state index is 0.468. The lowest BCUT2D eigenvalue weighted by Gasteiger charge is -2.21. The Morgan fingerprint density at radius 1 is 1.21 bits per heavy atom. The molecule has 0 amide bonds. The maximum absolute atomic E-state index is 3.80. The Bertz CT molecular complexity index is 408. The molecule has 1 aliphatic carbocycles. The number of likely N-dealkylation sites (tertiary alicyclic amines) is 1. The summed E-state index contributed by atoms with van der Waals surface area (Å²) in [6.07, 6.45) is 5.30. The van der Waals surface area contributed by atoms with E-state index in [1.165, 1.54) is 43.5 Å². The number of nitrogens with zero attached hydrogens (tertiary/aromatic N) is 1. The first kappa shape index (κ1) is 13.1. The van der Waals surface area contributed by atoms with Gasteiger partial charge in [0.1, 0.15) is 0 Å². The van der Waals surface area contributed by atoms with Gasteiger partial charge in [0.2, 0.25) is 0 Å². The standard InChI is InChI=1S/C17H26N2/c1-3-14-4-6-15(7-5-14)13(2)18-16-10-11-19(12-16)17-8-9-17/h4-7,13,16-18H,3,8-12H2,1-2H3. The van der Waals surface area contributed by atoms with Gasteiger partial charge in [-0.1, -0.05) is 31.2 Å². The van der Waals surface area contributed by atoms with Crippen molar-refractivity contribution in [3.8, 4) is 0 Å². The van der Waals surface area contributed by atoms with E-state index in [4.69, 9.17) is 0 Å². The van der Waals surface area contributed by atoms with Gasteiger partial charge < -0.3 is 5.32 Å². The summed E-state index contributed by atoms with van der Waals surface area (Å²) in [6.45, 7) is 7.05. The topological polar surface area (TPSA) is 15.3 Å². The Kier molecular flexibility index (Phi) is 3.90. The Balaban J connectivity index is 1.53. The van der Waals surface area contributed by atoms with E-state index in [1.807, 2.05) is 0 Å². The molecule has 2 heteroatoms. The second-order valence-electron chi connectivity index (χ2n) is 6.20. The van der Waals surface area contributed by atoms with Crippen molar-refractivity contribution in [2.75, 3.05) is 13.1 Å². The van der Waals surface area contributed by atoms with Crippen LogP contribution in [0.5, 0.6) is 0 Å². The molecule has 2 aliphatic rings.